The number of aromatic nitrogens is 1. The van der Waals surface area contributed by atoms with Gasteiger partial charge in [0.2, 0.25) is 0 Å². The molecule has 1 heterocycles. The summed E-state index contributed by atoms with van der Waals surface area (Å²) in [5, 5.41) is 5.30. The predicted octanol–water partition coefficient (Wildman–Crippen LogP) is 14.8. The van der Waals surface area contributed by atoms with E-state index in [2.05, 4.69) is 227 Å². The van der Waals surface area contributed by atoms with Crippen LogP contribution in [0, 0.1) is 20.8 Å². The van der Waals surface area contributed by atoms with E-state index >= 15 is 0 Å². The van der Waals surface area contributed by atoms with Gasteiger partial charge in [-0.25, -0.2) is 0 Å². The Morgan fingerprint density at radius 2 is 0.845 bits per heavy atom. The molecule has 0 fully saturated rings. The Labute approximate surface area is 342 Å². The predicted molar refractivity (Wildman–Crippen MR) is 248 cm³/mol. The molecular formula is C57H47N. The molecule has 1 heteroatoms. The maximum absolute atomic E-state index is 2.47. The van der Waals surface area contributed by atoms with Crippen molar-refractivity contribution in [2.24, 2.45) is 7.05 Å². The second-order valence-electron chi connectivity index (χ2n) is 15.5. The zero-order valence-electron chi connectivity index (χ0n) is 33.7. The Balaban J connectivity index is 0.000000161. The van der Waals surface area contributed by atoms with Gasteiger partial charge in [-0.2, -0.15) is 0 Å². The highest BCUT2D eigenvalue weighted by molar-refractivity contribution is 6.10. The molecule has 1 aromatic heterocycles. The van der Waals surface area contributed by atoms with Crippen LogP contribution >= 0.6 is 0 Å². The number of rotatable bonds is 3. The van der Waals surface area contributed by atoms with E-state index < -0.39 is 5.41 Å². The van der Waals surface area contributed by atoms with Crippen LogP contribution in [0.1, 0.15) is 38.9 Å². The fraction of sp³-hybridized carbons (Fsp3) is 0.0877. The van der Waals surface area contributed by atoms with Gasteiger partial charge >= 0.3 is 0 Å². The van der Waals surface area contributed by atoms with Gasteiger partial charge in [-0.05, 0) is 99.8 Å². The van der Waals surface area contributed by atoms with E-state index in [1.165, 1.54) is 93.8 Å². The molecule has 0 radical (unpaired) electrons. The first-order valence-corrected chi connectivity index (χ1v) is 20.2. The lowest BCUT2D eigenvalue weighted by Crippen LogP contribution is -2.28. The SMILES string of the molecule is Cc1ccc2c(c1)C(c1ccccc1)(c1ccccc1)c1cc(-c3ccccc3)c3ccccc3c1-2.Cc1ccc2c3ccccc3n(C)c2c1.Cc1ccccc1. The highest BCUT2D eigenvalue weighted by Gasteiger charge is 2.47. The van der Waals surface area contributed by atoms with E-state index in [1.54, 1.807) is 0 Å². The smallest absolute Gasteiger partial charge is 0.0714 e. The van der Waals surface area contributed by atoms with Crippen LogP contribution in [0.2, 0.25) is 0 Å². The summed E-state index contributed by atoms with van der Waals surface area (Å²) in [5.74, 6) is 0. The molecule has 0 saturated carbocycles. The van der Waals surface area contributed by atoms with Crippen molar-refractivity contribution < 1.29 is 0 Å². The van der Waals surface area contributed by atoms with Crippen molar-refractivity contribution in [3.63, 3.8) is 0 Å². The summed E-state index contributed by atoms with van der Waals surface area (Å²) in [6.45, 7) is 6.43. The number of hydrogen-bond acceptors (Lipinski definition) is 0. The van der Waals surface area contributed by atoms with Gasteiger partial charge in [0.05, 0.1) is 5.41 Å². The summed E-state index contributed by atoms with van der Waals surface area (Å²) >= 11 is 0. The normalized spacial score (nSPS) is 12.3. The molecule has 0 unspecified atom stereocenters. The molecule has 0 atom stereocenters. The molecule has 0 saturated heterocycles. The van der Waals surface area contributed by atoms with E-state index in [9.17, 15) is 0 Å². The van der Waals surface area contributed by atoms with Crippen LogP contribution in [0.4, 0.5) is 0 Å². The molecule has 0 amide bonds. The molecule has 0 N–H and O–H groups in total. The van der Waals surface area contributed by atoms with Gasteiger partial charge < -0.3 is 4.57 Å². The number of fused-ring (bicyclic) bond motifs is 8. The van der Waals surface area contributed by atoms with Crippen LogP contribution < -0.4 is 0 Å². The Bertz CT molecular complexity index is 2970. The fourth-order valence-electron chi connectivity index (χ4n) is 9.12. The van der Waals surface area contributed by atoms with Crippen molar-refractivity contribution in [1.82, 2.24) is 4.57 Å². The lowest BCUT2D eigenvalue weighted by atomic mass is 9.67. The molecule has 58 heavy (non-hydrogen) atoms. The van der Waals surface area contributed by atoms with Gasteiger partial charge in [0.15, 0.2) is 0 Å². The molecule has 10 aromatic rings. The van der Waals surface area contributed by atoms with Crippen LogP contribution in [-0.4, -0.2) is 4.57 Å². The summed E-state index contributed by atoms with van der Waals surface area (Å²) < 4.78 is 2.26. The van der Waals surface area contributed by atoms with Crippen molar-refractivity contribution in [2.45, 2.75) is 26.2 Å². The fourth-order valence-corrected chi connectivity index (χ4v) is 9.12. The highest BCUT2D eigenvalue weighted by Crippen LogP contribution is 2.59. The third-order valence-electron chi connectivity index (χ3n) is 11.8. The molecule has 1 aliphatic rings. The van der Waals surface area contributed by atoms with Crippen molar-refractivity contribution in [2.75, 3.05) is 0 Å². The van der Waals surface area contributed by atoms with Gasteiger partial charge in [0, 0.05) is 28.9 Å². The number of hydrogen-bond donors (Lipinski definition) is 0. The van der Waals surface area contributed by atoms with Gasteiger partial charge in [-0.1, -0.05) is 205 Å². The molecule has 0 spiro atoms. The van der Waals surface area contributed by atoms with Gasteiger partial charge in [-0.15, -0.1) is 0 Å². The number of para-hydroxylation sites is 1. The van der Waals surface area contributed by atoms with Crippen molar-refractivity contribution in [3.05, 3.63) is 251 Å². The van der Waals surface area contributed by atoms with Crippen LogP contribution in [0.3, 0.4) is 0 Å². The standard InChI is InChI=1S/C36H26.C14H13N.C7H8/c1-25-21-22-31-33(23-25)36(27-15-7-3-8-16-27,28-17-9-4-10-18-28)34-24-32(26-13-5-2-6-14-26)29-19-11-12-20-30(29)35(31)34;1-10-7-8-12-11-5-3-4-6-13(11)15(2)14(12)9-10;1-7-5-3-2-4-6-7/h2-24H,1H3;3-9H,1-2H3;2-6H,1H3. The number of aryl methyl sites for hydroxylation is 4. The Morgan fingerprint density at radius 1 is 0.345 bits per heavy atom. The topological polar surface area (TPSA) is 4.93 Å². The Hall–Kier alpha value is -6.96. The van der Waals surface area contributed by atoms with E-state index in [0.717, 1.165) is 0 Å². The Morgan fingerprint density at radius 3 is 1.47 bits per heavy atom. The molecule has 1 aliphatic carbocycles. The molecular weight excluding hydrogens is 699 g/mol. The van der Waals surface area contributed by atoms with Crippen LogP contribution in [0.25, 0.3) is 54.8 Å². The lowest BCUT2D eigenvalue weighted by Gasteiger charge is -2.34. The second-order valence-corrected chi connectivity index (χ2v) is 15.5. The van der Waals surface area contributed by atoms with Crippen molar-refractivity contribution in [1.29, 1.82) is 0 Å². The van der Waals surface area contributed by atoms with Crippen LogP contribution in [-0.2, 0) is 12.5 Å². The Kier molecular flexibility index (Phi) is 9.81. The van der Waals surface area contributed by atoms with Crippen LogP contribution in [0.5, 0.6) is 0 Å². The number of nitrogens with zero attached hydrogens (tertiary/aromatic N) is 1. The van der Waals surface area contributed by atoms with E-state index in [1.807, 2.05) is 18.2 Å². The monoisotopic (exact) mass is 745 g/mol. The highest BCUT2D eigenvalue weighted by atomic mass is 14.9. The quantitative estimate of drug-likeness (QED) is 0.170. The third-order valence-corrected chi connectivity index (χ3v) is 11.8. The largest absolute Gasteiger partial charge is 0.344 e. The van der Waals surface area contributed by atoms with E-state index in [4.69, 9.17) is 0 Å². The minimum absolute atomic E-state index is 0.396. The maximum atomic E-state index is 2.47. The molecule has 0 aliphatic heterocycles. The molecule has 11 rings (SSSR count). The van der Waals surface area contributed by atoms with Gasteiger partial charge in [-0.3, -0.25) is 0 Å². The molecule has 280 valence electrons. The first kappa shape index (κ1) is 36.7. The van der Waals surface area contributed by atoms with Gasteiger partial charge in [0.1, 0.15) is 0 Å². The average molecular weight is 746 g/mol. The summed E-state index contributed by atoms with van der Waals surface area (Å²) in [6.07, 6.45) is 0. The third kappa shape index (κ3) is 6.39. The van der Waals surface area contributed by atoms with Crippen molar-refractivity contribution >= 4 is 32.6 Å². The summed E-state index contributed by atoms with van der Waals surface area (Å²) in [5.41, 5.74) is 16.7. The van der Waals surface area contributed by atoms with E-state index in [0.29, 0.717) is 0 Å². The zero-order valence-corrected chi connectivity index (χ0v) is 33.7. The maximum Gasteiger partial charge on any atom is 0.0714 e. The first-order chi connectivity index (χ1) is 28.4. The molecule has 9 aromatic carbocycles. The van der Waals surface area contributed by atoms with Crippen molar-refractivity contribution in [3.8, 4) is 22.3 Å². The zero-order chi connectivity index (χ0) is 39.6. The minimum atomic E-state index is -0.396. The molecule has 0 bridgehead atoms. The van der Waals surface area contributed by atoms with Crippen LogP contribution in [0.15, 0.2) is 212 Å². The summed E-state index contributed by atoms with van der Waals surface area (Å²) in [6, 6.07) is 76.8. The summed E-state index contributed by atoms with van der Waals surface area (Å²) in [4.78, 5) is 0. The summed E-state index contributed by atoms with van der Waals surface area (Å²) in [7, 11) is 2.13. The van der Waals surface area contributed by atoms with E-state index in [-0.39, 0.29) is 0 Å². The average Bonchev–Trinajstić information content (AvgIpc) is 3.73. The number of benzene rings is 9. The lowest BCUT2D eigenvalue weighted by molar-refractivity contribution is 0.768. The first-order valence-electron chi connectivity index (χ1n) is 20.2. The molecule has 1 nitrogen and oxygen atoms in total. The van der Waals surface area contributed by atoms with Gasteiger partial charge in [0.25, 0.3) is 0 Å². The second kappa shape index (κ2) is 15.5. The minimum Gasteiger partial charge on any atom is -0.344 e.